The Labute approximate surface area is 179 Å². The van der Waals surface area contributed by atoms with Gasteiger partial charge in [0.25, 0.3) is 5.91 Å². The van der Waals surface area contributed by atoms with Gasteiger partial charge in [0.05, 0.1) is 15.6 Å². The van der Waals surface area contributed by atoms with E-state index in [-0.39, 0.29) is 29.2 Å². The van der Waals surface area contributed by atoms with Crippen LogP contribution in [0, 0.1) is 11.7 Å². The van der Waals surface area contributed by atoms with Crippen LogP contribution in [0.2, 0.25) is 0 Å². The molecule has 1 fully saturated rings. The molecule has 1 aliphatic carbocycles. The Bertz CT molecular complexity index is 1140. The maximum absolute atomic E-state index is 14.4. The van der Waals surface area contributed by atoms with E-state index in [0.29, 0.717) is 26.4 Å². The Balaban J connectivity index is 1.42. The number of amides is 3. The van der Waals surface area contributed by atoms with Crippen molar-refractivity contribution in [3.8, 4) is 11.3 Å². The van der Waals surface area contributed by atoms with Crippen LogP contribution in [-0.2, 0) is 9.59 Å². The van der Waals surface area contributed by atoms with Crippen molar-refractivity contribution in [1.82, 2.24) is 4.98 Å². The molecule has 30 heavy (non-hydrogen) atoms. The normalized spacial score (nSPS) is 13.0. The summed E-state index contributed by atoms with van der Waals surface area (Å²) in [5.74, 6) is -1.09. The number of rotatable bonds is 6. The van der Waals surface area contributed by atoms with Crippen molar-refractivity contribution >= 4 is 56.2 Å². The number of carbonyl (C=O) groups is 3. The number of hydrogen-bond donors (Lipinski definition) is 3. The van der Waals surface area contributed by atoms with Crippen molar-refractivity contribution in [3.63, 3.8) is 0 Å². The van der Waals surface area contributed by atoms with Gasteiger partial charge in [-0.3, -0.25) is 19.7 Å². The van der Waals surface area contributed by atoms with Gasteiger partial charge in [-0.2, -0.15) is 0 Å². The lowest BCUT2D eigenvalue weighted by Crippen LogP contribution is -2.12. The van der Waals surface area contributed by atoms with Crippen molar-refractivity contribution in [3.05, 3.63) is 46.4 Å². The van der Waals surface area contributed by atoms with Crippen LogP contribution in [0.1, 0.15) is 29.4 Å². The topological polar surface area (TPSA) is 100 Å². The number of hydrogen-bond acceptors (Lipinski definition) is 6. The molecule has 0 unspecified atom stereocenters. The van der Waals surface area contributed by atoms with Crippen molar-refractivity contribution in [1.29, 1.82) is 0 Å². The second-order valence-electron chi connectivity index (χ2n) is 6.80. The fourth-order valence-electron chi connectivity index (χ4n) is 2.71. The zero-order valence-corrected chi connectivity index (χ0v) is 17.5. The predicted octanol–water partition coefficient (Wildman–Crippen LogP) is 4.57. The monoisotopic (exact) mass is 444 g/mol. The fraction of sp³-hybridized carbons (Fsp3) is 0.200. The lowest BCUT2D eigenvalue weighted by molar-refractivity contribution is -0.117. The highest BCUT2D eigenvalue weighted by Gasteiger charge is 2.30. The minimum absolute atomic E-state index is 0.0140. The maximum Gasteiger partial charge on any atom is 0.267 e. The number of halogens is 1. The van der Waals surface area contributed by atoms with Crippen LogP contribution in [0.5, 0.6) is 0 Å². The van der Waals surface area contributed by atoms with Crippen LogP contribution in [-0.4, -0.2) is 22.7 Å². The third kappa shape index (κ3) is 4.71. The molecule has 3 amide bonds. The molecule has 0 bridgehead atoms. The summed E-state index contributed by atoms with van der Waals surface area (Å²) in [6, 6.07) is 7.66. The van der Waals surface area contributed by atoms with Crippen LogP contribution in [0.25, 0.3) is 11.3 Å². The molecule has 154 valence electrons. The van der Waals surface area contributed by atoms with E-state index in [1.54, 1.807) is 23.6 Å². The molecule has 1 aromatic carbocycles. The van der Waals surface area contributed by atoms with Crippen LogP contribution in [0.4, 0.5) is 20.2 Å². The van der Waals surface area contributed by atoms with Gasteiger partial charge in [0, 0.05) is 29.5 Å². The molecule has 7 nitrogen and oxygen atoms in total. The van der Waals surface area contributed by atoms with Gasteiger partial charge in [0.1, 0.15) is 5.82 Å². The number of aromatic nitrogens is 1. The molecule has 3 aromatic rings. The molecule has 0 spiro atoms. The zero-order chi connectivity index (χ0) is 21.3. The van der Waals surface area contributed by atoms with Gasteiger partial charge in [0.2, 0.25) is 11.8 Å². The molecule has 0 radical (unpaired) electrons. The van der Waals surface area contributed by atoms with Crippen molar-refractivity contribution in [2.75, 3.05) is 16.0 Å². The number of carbonyl (C=O) groups excluding carboxylic acids is 3. The van der Waals surface area contributed by atoms with Gasteiger partial charge in [-0.25, -0.2) is 9.37 Å². The number of thiazole rings is 1. The van der Waals surface area contributed by atoms with E-state index in [0.717, 1.165) is 12.8 Å². The van der Waals surface area contributed by atoms with Crippen molar-refractivity contribution < 1.29 is 18.8 Å². The van der Waals surface area contributed by atoms with E-state index >= 15 is 0 Å². The standard InChI is InChI=1S/C20H17FN4O3S2/c1-10(26)22-12-4-5-13(14(21)8-12)15-9-29-20(23-15)25-19(28)16-6-7-17(30-16)24-18(27)11-2-3-11/h4-9,11H,2-3H2,1H3,(H,22,26)(H,24,27)(H,23,25,28). The first-order valence-electron chi connectivity index (χ1n) is 9.14. The predicted molar refractivity (Wildman–Crippen MR) is 115 cm³/mol. The summed E-state index contributed by atoms with van der Waals surface area (Å²) in [5, 5.41) is 10.6. The summed E-state index contributed by atoms with van der Waals surface area (Å²) in [5.41, 5.74) is 1.00. The molecule has 1 saturated carbocycles. The van der Waals surface area contributed by atoms with E-state index in [1.807, 2.05) is 0 Å². The average molecular weight is 445 g/mol. The molecule has 1 aliphatic rings. The molecule has 0 saturated heterocycles. The van der Waals surface area contributed by atoms with Gasteiger partial charge in [-0.05, 0) is 43.2 Å². The maximum atomic E-state index is 14.4. The minimum Gasteiger partial charge on any atom is -0.326 e. The Morgan fingerprint density at radius 3 is 2.60 bits per heavy atom. The fourth-order valence-corrected chi connectivity index (χ4v) is 4.22. The summed E-state index contributed by atoms with van der Waals surface area (Å²) < 4.78 is 14.4. The smallest absolute Gasteiger partial charge is 0.267 e. The largest absolute Gasteiger partial charge is 0.326 e. The Kier molecular flexibility index (Phi) is 5.60. The van der Waals surface area contributed by atoms with Crippen LogP contribution in [0.3, 0.4) is 0 Å². The molecule has 4 rings (SSSR count). The van der Waals surface area contributed by atoms with Crippen LogP contribution in [0.15, 0.2) is 35.7 Å². The number of anilines is 3. The third-order valence-corrected chi connectivity index (χ3v) is 6.07. The van der Waals surface area contributed by atoms with E-state index in [4.69, 9.17) is 0 Å². The molecular formula is C20H17FN4O3S2. The third-order valence-electron chi connectivity index (χ3n) is 4.31. The van der Waals surface area contributed by atoms with Crippen molar-refractivity contribution in [2.45, 2.75) is 19.8 Å². The van der Waals surface area contributed by atoms with E-state index < -0.39 is 5.82 Å². The van der Waals surface area contributed by atoms with E-state index in [2.05, 4.69) is 20.9 Å². The van der Waals surface area contributed by atoms with Crippen molar-refractivity contribution in [2.24, 2.45) is 5.92 Å². The second kappa shape index (κ2) is 8.33. The lowest BCUT2D eigenvalue weighted by atomic mass is 10.1. The Morgan fingerprint density at radius 1 is 1.10 bits per heavy atom. The first-order chi connectivity index (χ1) is 14.4. The number of nitrogens with zero attached hydrogens (tertiary/aromatic N) is 1. The lowest BCUT2D eigenvalue weighted by Gasteiger charge is -2.05. The minimum atomic E-state index is -0.529. The summed E-state index contributed by atoms with van der Waals surface area (Å²) in [4.78, 5) is 40.1. The Morgan fingerprint density at radius 2 is 1.90 bits per heavy atom. The van der Waals surface area contributed by atoms with Gasteiger partial charge >= 0.3 is 0 Å². The van der Waals surface area contributed by atoms with Gasteiger partial charge in [-0.15, -0.1) is 22.7 Å². The molecule has 10 heteroatoms. The highest BCUT2D eigenvalue weighted by atomic mass is 32.1. The highest BCUT2D eigenvalue weighted by Crippen LogP contribution is 2.32. The first kappa shape index (κ1) is 20.2. The molecule has 0 atom stereocenters. The molecule has 0 aliphatic heterocycles. The highest BCUT2D eigenvalue weighted by molar-refractivity contribution is 7.18. The molecule has 3 N–H and O–H groups in total. The van der Waals surface area contributed by atoms with E-state index in [9.17, 15) is 18.8 Å². The summed E-state index contributed by atoms with van der Waals surface area (Å²) in [7, 11) is 0. The van der Waals surface area contributed by atoms with Crippen LogP contribution < -0.4 is 16.0 Å². The SMILES string of the molecule is CC(=O)Nc1ccc(-c2csc(NC(=O)c3ccc(NC(=O)C4CC4)s3)n2)c(F)c1. The van der Waals surface area contributed by atoms with Gasteiger partial charge in [-0.1, -0.05) is 0 Å². The van der Waals surface area contributed by atoms with Gasteiger partial charge in [0.15, 0.2) is 5.13 Å². The summed E-state index contributed by atoms with van der Waals surface area (Å²) >= 11 is 2.36. The number of benzene rings is 1. The Hall–Kier alpha value is -3.11. The average Bonchev–Trinajstić information content (AvgIpc) is 3.27. The summed E-state index contributed by atoms with van der Waals surface area (Å²) in [6.07, 6.45) is 1.82. The number of nitrogens with one attached hydrogen (secondary N) is 3. The molecule has 2 heterocycles. The second-order valence-corrected chi connectivity index (χ2v) is 8.74. The van der Waals surface area contributed by atoms with Crippen LogP contribution >= 0.6 is 22.7 Å². The van der Waals surface area contributed by atoms with Gasteiger partial charge < -0.3 is 10.6 Å². The molecule has 2 aromatic heterocycles. The summed E-state index contributed by atoms with van der Waals surface area (Å²) in [6.45, 7) is 1.35. The number of thiophene rings is 1. The zero-order valence-electron chi connectivity index (χ0n) is 15.8. The quantitative estimate of drug-likeness (QED) is 0.518. The molecular weight excluding hydrogens is 427 g/mol. The first-order valence-corrected chi connectivity index (χ1v) is 10.8. The van der Waals surface area contributed by atoms with E-state index in [1.165, 1.54) is 41.7 Å².